The van der Waals surface area contributed by atoms with Crippen LogP contribution >= 0.6 is 11.6 Å². The van der Waals surface area contributed by atoms with Crippen LogP contribution in [-0.4, -0.2) is 56.1 Å². The number of nitrogens with zero attached hydrogens (tertiary/aromatic N) is 1. The fraction of sp³-hybridized carbons (Fsp3) is 0.909. The lowest BCUT2D eigenvalue weighted by atomic mass is 10.3. The minimum absolute atomic E-state index is 0.114. The normalized spacial score (nSPS) is 17.3. The van der Waals surface area contributed by atoms with Gasteiger partial charge in [-0.3, -0.25) is 9.69 Å². The highest BCUT2D eigenvalue weighted by atomic mass is 35.5. The van der Waals surface area contributed by atoms with Crippen molar-refractivity contribution in [2.75, 3.05) is 45.3 Å². The molecule has 1 heterocycles. The molecule has 0 bridgehead atoms. The van der Waals surface area contributed by atoms with E-state index in [1.807, 2.05) is 0 Å². The first kappa shape index (κ1) is 13.7. The summed E-state index contributed by atoms with van der Waals surface area (Å²) in [5, 5.41) is 2.90. The Labute approximate surface area is 102 Å². The van der Waals surface area contributed by atoms with Crippen molar-refractivity contribution in [1.82, 2.24) is 10.2 Å². The van der Waals surface area contributed by atoms with Crippen LogP contribution in [0.4, 0.5) is 0 Å². The maximum absolute atomic E-state index is 11.2. The Morgan fingerprint density at radius 2 is 2.06 bits per heavy atom. The first-order valence-electron chi connectivity index (χ1n) is 5.95. The van der Waals surface area contributed by atoms with Gasteiger partial charge in [0, 0.05) is 31.9 Å². The number of hydrogen-bond donors (Lipinski definition) is 1. The zero-order valence-electron chi connectivity index (χ0n) is 9.71. The lowest BCUT2D eigenvalue weighted by Gasteiger charge is -2.26. The van der Waals surface area contributed by atoms with Crippen LogP contribution in [0.2, 0.25) is 0 Å². The molecule has 1 aliphatic heterocycles. The number of rotatable bonds is 7. The van der Waals surface area contributed by atoms with Crippen molar-refractivity contribution >= 4 is 17.5 Å². The molecule has 0 saturated carbocycles. The van der Waals surface area contributed by atoms with Crippen molar-refractivity contribution in [1.29, 1.82) is 0 Å². The van der Waals surface area contributed by atoms with Crippen LogP contribution in [0.15, 0.2) is 0 Å². The number of amides is 1. The van der Waals surface area contributed by atoms with E-state index in [1.165, 1.54) is 0 Å². The minimum atomic E-state index is 0.114. The Balaban J connectivity index is 1.92. The van der Waals surface area contributed by atoms with Crippen LogP contribution < -0.4 is 5.32 Å². The predicted octanol–water partition coefficient (Wildman–Crippen LogP) is 0.844. The van der Waals surface area contributed by atoms with Crippen LogP contribution in [0, 0.1) is 0 Å². The van der Waals surface area contributed by atoms with Gasteiger partial charge >= 0.3 is 0 Å². The Kier molecular flexibility index (Phi) is 7.55. The molecule has 1 amide bonds. The van der Waals surface area contributed by atoms with Crippen LogP contribution in [0.3, 0.4) is 0 Å². The lowest BCUT2D eigenvalue weighted by molar-refractivity contribution is -0.121. The van der Waals surface area contributed by atoms with E-state index in [2.05, 4.69) is 10.2 Å². The first-order valence-corrected chi connectivity index (χ1v) is 6.49. The molecule has 1 aliphatic rings. The van der Waals surface area contributed by atoms with Gasteiger partial charge in [0.05, 0.1) is 13.2 Å². The summed E-state index contributed by atoms with van der Waals surface area (Å²) < 4.78 is 5.26. The maximum atomic E-state index is 11.2. The van der Waals surface area contributed by atoms with Crippen molar-refractivity contribution in [3.8, 4) is 0 Å². The average molecular weight is 249 g/mol. The van der Waals surface area contributed by atoms with Crippen LogP contribution in [0.25, 0.3) is 0 Å². The highest BCUT2D eigenvalue weighted by molar-refractivity contribution is 6.17. The fourth-order valence-electron chi connectivity index (χ4n) is 1.67. The number of nitrogens with one attached hydrogen (secondary N) is 1. The van der Waals surface area contributed by atoms with Crippen molar-refractivity contribution in [3.05, 3.63) is 0 Å². The molecule has 5 heteroatoms. The zero-order chi connectivity index (χ0) is 11.6. The summed E-state index contributed by atoms with van der Waals surface area (Å²) >= 11 is 5.51. The molecular weight excluding hydrogens is 228 g/mol. The first-order chi connectivity index (χ1) is 7.83. The topological polar surface area (TPSA) is 41.6 Å². The van der Waals surface area contributed by atoms with E-state index in [0.717, 1.165) is 52.2 Å². The number of ether oxygens (including phenoxy) is 1. The van der Waals surface area contributed by atoms with E-state index in [-0.39, 0.29) is 5.91 Å². The number of morpholine rings is 1. The molecule has 0 unspecified atom stereocenters. The van der Waals surface area contributed by atoms with Gasteiger partial charge < -0.3 is 10.1 Å². The summed E-state index contributed by atoms with van der Waals surface area (Å²) in [4.78, 5) is 13.6. The van der Waals surface area contributed by atoms with E-state index >= 15 is 0 Å². The van der Waals surface area contributed by atoms with Crippen molar-refractivity contribution in [3.63, 3.8) is 0 Å². The Morgan fingerprint density at radius 3 is 2.75 bits per heavy atom. The second-order valence-electron chi connectivity index (χ2n) is 3.95. The molecule has 0 aromatic carbocycles. The summed E-state index contributed by atoms with van der Waals surface area (Å²) in [6.45, 7) is 5.50. The number of carbonyl (C=O) groups is 1. The summed E-state index contributed by atoms with van der Waals surface area (Å²) in [6, 6.07) is 0. The second kappa shape index (κ2) is 8.79. The molecule has 0 atom stereocenters. The number of alkyl halides is 1. The number of halogens is 1. The van der Waals surface area contributed by atoms with E-state index in [1.54, 1.807) is 0 Å². The van der Waals surface area contributed by atoms with Crippen molar-refractivity contribution in [2.24, 2.45) is 0 Å². The standard InChI is InChI=1S/C11H21ClN2O2/c12-4-1-3-11(15)13-5-2-6-14-7-9-16-10-8-14/h1-10H2,(H,13,15). The third-order valence-electron chi connectivity index (χ3n) is 2.61. The van der Waals surface area contributed by atoms with Gasteiger partial charge in [0.15, 0.2) is 0 Å². The SMILES string of the molecule is O=C(CCCCl)NCCCN1CCOCC1. The van der Waals surface area contributed by atoms with Gasteiger partial charge in [-0.25, -0.2) is 0 Å². The zero-order valence-corrected chi connectivity index (χ0v) is 10.5. The molecular formula is C11H21ClN2O2. The lowest BCUT2D eigenvalue weighted by Crippen LogP contribution is -2.38. The molecule has 1 N–H and O–H groups in total. The molecule has 1 fully saturated rings. The third-order valence-corrected chi connectivity index (χ3v) is 2.88. The quantitative estimate of drug-likeness (QED) is 0.536. The largest absolute Gasteiger partial charge is 0.379 e. The molecule has 0 aromatic heterocycles. The Morgan fingerprint density at radius 1 is 1.31 bits per heavy atom. The van der Waals surface area contributed by atoms with Gasteiger partial charge in [0.1, 0.15) is 0 Å². The molecule has 16 heavy (non-hydrogen) atoms. The van der Waals surface area contributed by atoms with Gasteiger partial charge in [0.2, 0.25) is 5.91 Å². The van der Waals surface area contributed by atoms with Gasteiger partial charge in [-0.2, -0.15) is 0 Å². The molecule has 0 aromatic rings. The van der Waals surface area contributed by atoms with Crippen molar-refractivity contribution in [2.45, 2.75) is 19.3 Å². The summed E-state index contributed by atoms with van der Waals surface area (Å²) in [7, 11) is 0. The smallest absolute Gasteiger partial charge is 0.220 e. The average Bonchev–Trinajstić information content (AvgIpc) is 2.33. The molecule has 0 aliphatic carbocycles. The van der Waals surface area contributed by atoms with Gasteiger partial charge in [-0.05, 0) is 19.4 Å². The molecule has 0 spiro atoms. The van der Waals surface area contributed by atoms with Gasteiger partial charge in [-0.15, -0.1) is 11.6 Å². The maximum Gasteiger partial charge on any atom is 0.220 e. The third kappa shape index (κ3) is 6.30. The van der Waals surface area contributed by atoms with Gasteiger partial charge in [0.25, 0.3) is 0 Å². The van der Waals surface area contributed by atoms with Crippen LogP contribution in [0.5, 0.6) is 0 Å². The minimum Gasteiger partial charge on any atom is -0.379 e. The monoisotopic (exact) mass is 248 g/mol. The Bertz CT molecular complexity index is 196. The molecule has 4 nitrogen and oxygen atoms in total. The van der Waals surface area contributed by atoms with Crippen LogP contribution in [-0.2, 0) is 9.53 Å². The van der Waals surface area contributed by atoms with E-state index < -0.39 is 0 Å². The highest BCUT2D eigenvalue weighted by Gasteiger charge is 2.09. The summed E-state index contributed by atoms with van der Waals surface area (Å²) in [6.07, 6.45) is 2.31. The summed E-state index contributed by atoms with van der Waals surface area (Å²) in [5.74, 6) is 0.670. The fourth-order valence-corrected chi connectivity index (χ4v) is 1.80. The number of carbonyl (C=O) groups excluding carboxylic acids is 1. The Hall–Kier alpha value is -0.320. The molecule has 94 valence electrons. The number of hydrogen-bond acceptors (Lipinski definition) is 3. The molecule has 1 rings (SSSR count). The molecule has 0 radical (unpaired) electrons. The van der Waals surface area contributed by atoms with E-state index in [4.69, 9.17) is 16.3 Å². The summed E-state index contributed by atoms with van der Waals surface area (Å²) in [5.41, 5.74) is 0. The van der Waals surface area contributed by atoms with E-state index in [9.17, 15) is 4.79 Å². The highest BCUT2D eigenvalue weighted by Crippen LogP contribution is 1.97. The predicted molar refractivity (Wildman–Crippen MR) is 64.8 cm³/mol. The van der Waals surface area contributed by atoms with Gasteiger partial charge in [-0.1, -0.05) is 0 Å². The van der Waals surface area contributed by atoms with E-state index in [0.29, 0.717) is 12.3 Å². The second-order valence-corrected chi connectivity index (χ2v) is 4.33. The van der Waals surface area contributed by atoms with Crippen molar-refractivity contribution < 1.29 is 9.53 Å². The molecule has 1 saturated heterocycles. The van der Waals surface area contributed by atoms with Crippen LogP contribution in [0.1, 0.15) is 19.3 Å².